The number of hydrogen-bond acceptors (Lipinski definition) is 4. The van der Waals surface area contributed by atoms with Crippen molar-refractivity contribution in [1.29, 1.82) is 0 Å². The molecule has 0 unspecified atom stereocenters. The van der Waals surface area contributed by atoms with Crippen molar-refractivity contribution in [2.24, 2.45) is 0 Å². The van der Waals surface area contributed by atoms with E-state index >= 15 is 0 Å². The van der Waals surface area contributed by atoms with Crippen LogP contribution in [-0.4, -0.2) is 51.4 Å². The van der Waals surface area contributed by atoms with Gasteiger partial charge in [0.1, 0.15) is 0 Å². The average molecular weight is 432 g/mol. The van der Waals surface area contributed by atoms with Crippen LogP contribution >= 0.6 is 12.4 Å². The molecule has 1 aromatic rings. The molecule has 28 heavy (non-hydrogen) atoms. The Bertz CT molecular complexity index is 739. The normalized spacial score (nSPS) is 15.1. The SMILES string of the molecule is CCCN(C(=O)CCNS(=O)(=O)c1c(C)cc(C)cc1C)C1CCNCC1.Cl. The molecule has 0 aliphatic carbocycles. The van der Waals surface area contributed by atoms with Crippen LogP contribution in [0.2, 0.25) is 0 Å². The highest BCUT2D eigenvalue weighted by atomic mass is 35.5. The van der Waals surface area contributed by atoms with Gasteiger partial charge in [0.15, 0.2) is 0 Å². The number of hydrogen-bond donors (Lipinski definition) is 2. The fraction of sp³-hybridized carbons (Fsp3) is 0.650. The van der Waals surface area contributed by atoms with Crippen LogP contribution in [0, 0.1) is 20.8 Å². The number of piperidine rings is 1. The largest absolute Gasteiger partial charge is 0.340 e. The lowest BCUT2D eigenvalue weighted by Gasteiger charge is -2.34. The van der Waals surface area contributed by atoms with Crippen LogP contribution in [-0.2, 0) is 14.8 Å². The monoisotopic (exact) mass is 431 g/mol. The van der Waals surface area contributed by atoms with Crippen molar-refractivity contribution in [2.45, 2.75) is 64.3 Å². The van der Waals surface area contributed by atoms with Gasteiger partial charge in [-0.25, -0.2) is 13.1 Å². The third kappa shape index (κ3) is 6.44. The van der Waals surface area contributed by atoms with Crippen molar-refractivity contribution in [3.63, 3.8) is 0 Å². The van der Waals surface area contributed by atoms with Crippen LogP contribution in [0.4, 0.5) is 0 Å². The number of rotatable bonds is 8. The quantitative estimate of drug-likeness (QED) is 0.663. The van der Waals surface area contributed by atoms with E-state index in [1.807, 2.05) is 24.0 Å². The van der Waals surface area contributed by atoms with E-state index in [9.17, 15) is 13.2 Å². The van der Waals surface area contributed by atoms with Crippen molar-refractivity contribution in [3.05, 3.63) is 28.8 Å². The van der Waals surface area contributed by atoms with Crippen LogP contribution in [0.1, 0.15) is 49.3 Å². The molecule has 1 heterocycles. The molecular weight excluding hydrogens is 398 g/mol. The second-order valence-corrected chi connectivity index (χ2v) is 9.15. The van der Waals surface area contributed by atoms with Crippen LogP contribution in [0.25, 0.3) is 0 Å². The molecule has 2 rings (SSSR count). The van der Waals surface area contributed by atoms with Crippen molar-refractivity contribution < 1.29 is 13.2 Å². The van der Waals surface area contributed by atoms with Crippen LogP contribution in [0.3, 0.4) is 0 Å². The van der Waals surface area contributed by atoms with E-state index in [4.69, 9.17) is 0 Å². The van der Waals surface area contributed by atoms with E-state index in [-0.39, 0.29) is 37.3 Å². The van der Waals surface area contributed by atoms with Crippen LogP contribution in [0.5, 0.6) is 0 Å². The Morgan fingerprint density at radius 2 is 1.75 bits per heavy atom. The molecule has 6 nitrogen and oxygen atoms in total. The number of sulfonamides is 1. The summed E-state index contributed by atoms with van der Waals surface area (Å²) in [7, 11) is -3.63. The Labute approximate surface area is 175 Å². The maximum Gasteiger partial charge on any atom is 0.241 e. The van der Waals surface area contributed by atoms with E-state index in [2.05, 4.69) is 17.0 Å². The van der Waals surface area contributed by atoms with Gasteiger partial charge in [0.2, 0.25) is 15.9 Å². The maximum atomic E-state index is 12.7. The Kier molecular flexibility index (Phi) is 9.90. The lowest BCUT2D eigenvalue weighted by molar-refractivity contribution is -0.133. The first-order valence-electron chi connectivity index (χ1n) is 9.84. The van der Waals surface area contributed by atoms with Gasteiger partial charge < -0.3 is 10.2 Å². The lowest BCUT2D eigenvalue weighted by atomic mass is 10.0. The summed E-state index contributed by atoms with van der Waals surface area (Å²) in [5.74, 6) is 0.0313. The summed E-state index contributed by atoms with van der Waals surface area (Å²) in [5.41, 5.74) is 2.50. The lowest BCUT2D eigenvalue weighted by Crippen LogP contribution is -2.47. The first-order chi connectivity index (χ1) is 12.8. The second-order valence-electron chi connectivity index (χ2n) is 7.44. The zero-order chi connectivity index (χ0) is 20.0. The summed E-state index contributed by atoms with van der Waals surface area (Å²) in [5, 5.41) is 3.32. The standard InChI is InChI=1S/C20H33N3O3S.ClH/c1-5-12-23(18-6-9-21-10-7-18)19(24)8-11-22-27(25,26)20-16(3)13-15(2)14-17(20)4;/h13-14,18,21-22H,5-12H2,1-4H3;1H. The topological polar surface area (TPSA) is 78.5 Å². The number of aryl methyl sites for hydroxylation is 3. The van der Waals surface area contributed by atoms with Gasteiger partial charge in [-0.15, -0.1) is 12.4 Å². The van der Waals surface area contributed by atoms with E-state index in [1.54, 1.807) is 13.8 Å². The molecule has 0 atom stereocenters. The number of carbonyl (C=O) groups is 1. The highest BCUT2D eigenvalue weighted by Gasteiger charge is 2.25. The van der Waals surface area contributed by atoms with Gasteiger partial charge in [0, 0.05) is 25.6 Å². The number of benzene rings is 1. The van der Waals surface area contributed by atoms with Crippen molar-refractivity contribution >= 4 is 28.3 Å². The van der Waals surface area contributed by atoms with Gasteiger partial charge >= 0.3 is 0 Å². The molecule has 0 aromatic heterocycles. The second kappa shape index (κ2) is 11.1. The van der Waals surface area contributed by atoms with Gasteiger partial charge in [-0.2, -0.15) is 0 Å². The van der Waals surface area contributed by atoms with E-state index in [0.29, 0.717) is 4.90 Å². The Hall–Kier alpha value is -1.15. The predicted molar refractivity (Wildman–Crippen MR) is 116 cm³/mol. The van der Waals surface area contributed by atoms with Crippen LogP contribution < -0.4 is 10.0 Å². The summed E-state index contributed by atoms with van der Waals surface area (Å²) in [6.45, 7) is 10.3. The minimum atomic E-state index is -3.63. The molecule has 8 heteroatoms. The molecular formula is C20H34ClN3O3S. The molecule has 0 bridgehead atoms. The van der Waals surface area contributed by atoms with E-state index in [0.717, 1.165) is 55.6 Å². The van der Waals surface area contributed by atoms with Crippen molar-refractivity contribution in [2.75, 3.05) is 26.2 Å². The zero-order valence-electron chi connectivity index (χ0n) is 17.4. The van der Waals surface area contributed by atoms with Gasteiger partial charge in [-0.1, -0.05) is 24.6 Å². The van der Waals surface area contributed by atoms with Crippen LogP contribution in [0.15, 0.2) is 17.0 Å². The number of amides is 1. The molecule has 2 N–H and O–H groups in total. The molecule has 1 aliphatic rings. The molecule has 1 fully saturated rings. The molecule has 1 aliphatic heterocycles. The van der Waals surface area contributed by atoms with E-state index < -0.39 is 10.0 Å². The Balaban J connectivity index is 0.00000392. The Morgan fingerprint density at radius 3 is 2.29 bits per heavy atom. The number of carbonyl (C=O) groups excluding carboxylic acids is 1. The molecule has 0 spiro atoms. The van der Waals surface area contributed by atoms with Gasteiger partial charge in [-0.05, 0) is 64.3 Å². The smallest absolute Gasteiger partial charge is 0.241 e. The van der Waals surface area contributed by atoms with E-state index in [1.165, 1.54) is 0 Å². The fourth-order valence-electron chi connectivity index (χ4n) is 3.97. The first kappa shape index (κ1) is 24.9. The van der Waals surface area contributed by atoms with Crippen molar-refractivity contribution in [1.82, 2.24) is 14.9 Å². The van der Waals surface area contributed by atoms with Gasteiger partial charge in [0.25, 0.3) is 0 Å². The summed E-state index contributed by atoms with van der Waals surface area (Å²) in [6, 6.07) is 4.00. The summed E-state index contributed by atoms with van der Waals surface area (Å²) < 4.78 is 28.1. The summed E-state index contributed by atoms with van der Waals surface area (Å²) in [6.07, 6.45) is 3.01. The number of nitrogens with zero attached hydrogens (tertiary/aromatic N) is 1. The van der Waals surface area contributed by atoms with Crippen molar-refractivity contribution in [3.8, 4) is 0 Å². The third-order valence-corrected chi connectivity index (χ3v) is 6.80. The first-order valence-corrected chi connectivity index (χ1v) is 11.3. The zero-order valence-corrected chi connectivity index (χ0v) is 19.0. The predicted octanol–water partition coefficient (Wildman–Crippen LogP) is 2.69. The molecule has 1 aromatic carbocycles. The maximum absolute atomic E-state index is 12.7. The molecule has 160 valence electrons. The molecule has 0 saturated carbocycles. The molecule has 1 saturated heterocycles. The summed E-state index contributed by atoms with van der Waals surface area (Å²) in [4.78, 5) is 15.0. The van der Waals surface area contributed by atoms with Gasteiger partial charge in [0.05, 0.1) is 4.90 Å². The summed E-state index contributed by atoms with van der Waals surface area (Å²) >= 11 is 0. The number of nitrogens with one attached hydrogen (secondary N) is 2. The minimum Gasteiger partial charge on any atom is -0.340 e. The highest BCUT2D eigenvalue weighted by molar-refractivity contribution is 7.89. The fourth-order valence-corrected chi connectivity index (χ4v) is 5.45. The minimum absolute atomic E-state index is 0. The van der Waals surface area contributed by atoms with Gasteiger partial charge in [-0.3, -0.25) is 4.79 Å². The highest BCUT2D eigenvalue weighted by Crippen LogP contribution is 2.21. The molecule has 1 amide bonds. The third-order valence-electron chi connectivity index (χ3n) is 5.04. The Morgan fingerprint density at radius 1 is 1.18 bits per heavy atom. The molecule has 0 radical (unpaired) electrons. The average Bonchev–Trinajstić information content (AvgIpc) is 2.58. The number of halogens is 1.